The quantitative estimate of drug-likeness (QED) is 0.722. The van der Waals surface area contributed by atoms with Gasteiger partial charge in [0.25, 0.3) is 0 Å². The number of amides is 1. The molecule has 0 fully saturated rings. The van der Waals surface area contributed by atoms with E-state index in [1.54, 1.807) is 0 Å². The number of carbonyl (C=O) groups excluding carboxylic acids is 1. The fourth-order valence-corrected chi connectivity index (χ4v) is 2.38. The average molecular weight is 346 g/mol. The molecule has 2 rings (SSSR count). The van der Waals surface area contributed by atoms with Crippen LogP contribution in [0.5, 0.6) is 0 Å². The lowest BCUT2D eigenvalue weighted by molar-refractivity contribution is -0.168. The zero-order valence-electron chi connectivity index (χ0n) is 13.0. The lowest BCUT2D eigenvalue weighted by Gasteiger charge is -2.14. The SMILES string of the molecule is Cc1[nH]c2ccccc2c1CCNC(=O)COCC(F)(F)C(F)F. The molecule has 0 atom stereocenters. The molecule has 0 bridgehead atoms. The maximum atomic E-state index is 12.6. The molecule has 0 unspecified atom stereocenters. The Balaban J connectivity index is 1.77. The van der Waals surface area contributed by atoms with Crippen LogP contribution in [0.2, 0.25) is 0 Å². The van der Waals surface area contributed by atoms with Crippen LogP contribution in [0.25, 0.3) is 10.9 Å². The first-order valence-corrected chi connectivity index (χ1v) is 7.38. The lowest BCUT2D eigenvalue weighted by atomic mass is 10.1. The predicted molar refractivity (Wildman–Crippen MR) is 81.5 cm³/mol. The molecule has 0 saturated carbocycles. The second-order valence-corrected chi connectivity index (χ2v) is 5.43. The van der Waals surface area contributed by atoms with Gasteiger partial charge in [-0.3, -0.25) is 4.79 Å². The van der Waals surface area contributed by atoms with Crippen molar-refractivity contribution >= 4 is 16.8 Å². The van der Waals surface area contributed by atoms with Crippen molar-refractivity contribution in [2.24, 2.45) is 0 Å². The van der Waals surface area contributed by atoms with Gasteiger partial charge in [0.1, 0.15) is 13.2 Å². The number of benzene rings is 1. The number of fused-ring (bicyclic) bond motifs is 1. The first kappa shape index (κ1) is 18.3. The van der Waals surface area contributed by atoms with Crippen LogP contribution in [0.4, 0.5) is 17.6 Å². The second kappa shape index (κ2) is 7.65. The highest BCUT2D eigenvalue weighted by Gasteiger charge is 2.41. The van der Waals surface area contributed by atoms with Crippen molar-refractivity contribution in [3.8, 4) is 0 Å². The van der Waals surface area contributed by atoms with Crippen LogP contribution in [0.1, 0.15) is 11.3 Å². The number of halogens is 4. The summed E-state index contributed by atoms with van der Waals surface area (Å²) in [4.78, 5) is 14.7. The molecule has 1 aromatic heterocycles. The van der Waals surface area contributed by atoms with Crippen molar-refractivity contribution in [2.75, 3.05) is 19.8 Å². The molecule has 8 heteroatoms. The molecular weight excluding hydrogens is 328 g/mol. The number of hydrogen-bond acceptors (Lipinski definition) is 2. The Morgan fingerprint density at radius 1 is 1.33 bits per heavy atom. The molecule has 1 amide bonds. The minimum Gasteiger partial charge on any atom is -0.365 e. The minimum atomic E-state index is -4.25. The molecule has 1 heterocycles. The Hall–Kier alpha value is -2.09. The summed E-state index contributed by atoms with van der Waals surface area (Å²) in [6.07, 6.45) is -3.26. The Kier molecular flexibility index (Phi) is 5.82. The molecule has 0 saturated heterocycles. The average Bonchev–Trinajstić information content (AvgIpc) is 2.83. The third kappa shape index (κ3) is 4.47. The Morgan fingerprint density at radius 3 is 2.75 bits per heavy atom. The van der Waals surface area contributed by atoms with Crippen LogP contribution in [0.3, 0.4) is 0 Å². The van der Waals surface area contributed by atoms with Gasteiger partial charge >= 0.3 is 12.3 Å². The summed E-state index contributed by atoms with van der Waals surface area (Å²) in [6.45, 7) is 0.0393. The van der Waals surface area contributed by atoms with Crippen LogP contribution in [0.15, 0.2) is 24.3 Å². The second-order valence-electron chi connectivity index (χ2n) is 5.43. The number of aryl methyl sites for hydroxylation is 1. The predicted octanol–water partition coefficient (Wildman–Crippen LogP) is 3.05. The molecule has 132 valence electrons. The fourth-order valence-electron chi connectivity index (χ4n) is 2.38. The topological polar surface area (TPSA) is 54.1 Å². The number of hydrogen-bond donors (Lipinski definition) is 2. The van der Waals surface area contributed by atoms with Gasteiger partial charge in [0.15, 0.2) is 0 Å². The van der Waals surface area contributed by atoms with Crippen LogP contribution in [-0.4, -0.2) is 43.0 Å². The molecule has 2 N–H and O–H groups in total. The van der Waals surface area contributed by atoms with Crippen molar-refractivity contribution in [3.63, 3.8) is 0 Å². The molecule has 0 aliphatic carbocycles. The van der Waals surface area contributed by atoms with E-state index in [2.05, 4.69) is 15.0 Å². The summed E-state index contributed by atoms with van der Waals surface area (Å²) in [5.41, 5.74) is 3.03. The Bertz CT molecular complexity index is 700. The van der Waals surface area contributed by atoms with Crippen molar-refractivity contribution in [1.29, 1.82) is 0 Å². The number of alkyl halides is 4. The van der Waals surface area contributed by atoms with Crippen LogP contribution < -0.4 is 5.32 Å². The van der Waals surface area contributed by atoms with Gasteiger partial charge < -0.3 is 15.0 Å². The highest BCUT2D eigenvalue weighted by atomic mass is 19.3. The van der Waals surface area contributed by atoms with Gasteiger partial charge in [-0.1, -0.05) is 18.2 Å². The third-order valence-corrected chi connectivity index (χ3v) is 3.57. The van der Waals surface area contributed by atoms with E-state index in [1.807, 2.05) is 31.2 Å². The number of rotatable bonds is 8. The van der Waals surface area contributed by atoms with E-state index >= 15 is 0 Å². The number of nitrogens with one attached hydrogen (secondary N) is 2. The number of ether oxygens (including phenoxy) is 1. The summed E-state index contributed by atoms with van der Waals surface area (Å²) in [6, 6.07) is 7.73. The minimum absolute atomic E-state index is 0.288. The van der Waals surface area contributed by atoms with E-state index in [0.29, 0.717) is 6.42 Å². The molecule has 0 aliphatic heterocycles. The number of H-pyrrole nitrogens is 1. The number of aromatic nitrogens is 1. The molecule has 0 aliphatic rings. The van der Waals surface area contributed by atoms with E-state index in [4.69, 9.17) is 0 Å². The Morgan fingerprint density at radius 2 is 2.04 bits per heavy atom. The van der Waals surface area contributed by atoms with Gasteiger partial charge in [0.05, 0.1) is 0 Å². The Labute approximate surface area is 136 Å². The summed E-state index contributed by atoms with van der Waals surface area (Å²) < 4.78 is 53.4. The molecular formula is C16H18F4N2O2. The lowest BCUT2D eigenvalue weighted by Crippen LogP contribution is -2.35. The van der Waals surface area contributed by atoms with Crippen LogP contribution in [0, 0.1) is 6.92 Å². The highest BCUT2D eigenvalue weighted by molar-refractivity contribution is 5.84. The van der Waals surface area contributed by atoms with Crippen molar-refractivity contribution in [3.05, 3.63) is 35.5 Å². The highest BCUT2D eigenvalue weighted by Crippen LogP contribution is 2.23. The van der Waals surface area contributed by atoms with Gasteiger partial charge in [-0.05, 0) is 25.0 Å². The molecule has 0 spiro atoms. The first-order chi connectivity index (χ1) is 11.3. The first-order valence-electron chi connectivity index (χ1n) is 7.38. The van der Waals surface area contributed by atoms with Crippen LogP contribution in [-0.2, 0) is 16.0 Å². The molecule has 24 heavy (non-hydrogen) atoms. The molecule has 0 radical (unpaired) electrons. The molecule has 2 aromatic rings. The summed E-state index contributed by atoms with van der Waals surface area (Å²) >= 11 is 0. The van der Waals surface area contributed by atoms with Gasteiger partial charge in [-0.15, -0.1) is 0 Å². The fraction of sp³-hybridized carbons (Fsp3) is 0.438. The summed E-state index contributed by atoms with van der Waals surface area (Å²) in [5.74, 6) is -4.88. The summed E-state index contributed by atoms with van der Waals surface area (Å²) in [5, 5.41) is 3.57. The number of carbonyl (C=O) groups is 1. The van der Waals surface area contributed by atoms with Crippen LogP contribution >= 0.6 is 0 Å². The van der Waals surface area contributed by atoms with Gasteiger partial charge in [-0.25, -0.2) is 8.78 Å². The number of para-hydroxylation sites is 1. The van der Waals surface area contributed by atoms with E-state index in [-0.39, 0.29) is 6.54 Å². The van der Waals surface area contributed by atoms with Crippen molar-refractivity contribution in [1.82, 2.24) is 10.3 Å². The van der Waals surface area contributed by atoms with E-state index in [0.717, 1.165) is 22.2 Å². The normalized spacial score (nSPS) is 12.1. The van der Waals surface area contributed by atoms with Crippen molar-refractivity contribution < 1.29 is 27.1 Å². The zero-order valence-corrected chi connectivity index (χ0v) is 13.0. The largest absolute Gasteiger partial charge is 0.365 e. The monoisotopic (exact) mass is 346 g/mol. The zero-order chi connectivity index (χ0) is 17.7. The van der Waals surface area contributed by atoms with Gasteiger partial charge in [0.2, 0.25) is 5.91 Å². The van der Waals surface area contributed by atoms with E-state index < -0.39 is 31.5 Å². The molecule has 1 aromatic carbocycles. The standard InChI is InChI=1S/C16H18F4N2O2/c1-10-11(12-4-2-3-5-13(12)22-10)6-7-21-14(23)8-24-9-16(19,20)15(17)18/h2-5,15,22H,6-9H2,1H3,(H,21,23). The number of aromatic amines is 1. The third-order valence-electron chi connectivity index (χ3n) is 3.57. The smallest absolute Gasteiger partial charge is 0.330 e. The van der Waals surface area contributed by atoms with Crippen molar-refractivity contribution in [2.45, 2.75) is 25.7 Å². The summed E-state index contributed by atoms with van der Waals surface area (Å²) in [7, 11) is 0. The maximum Gasteiger partial charge on any atom is 0.330 e. The van der Waals surface area contributed by atoms with Gasteiger partial charge in [-0.2, -0.15) is 8.78 Å². The van der Waals surface area contributed by atoms with Gasteiger partial charge in [0, 0.05) is 23.1 Å². The maximum absolute atomic E-state index is 12.6. The molecule has 4 nitrogen and oxygen atoms in total. The van der Waals surface area contributed by atoms with E-state index in [1.165, 1.54) is 0 Å². The van der Waals surface area contributed by atoms with E-state index in [9.17, 15) is 22.4 Å².